The van der Waals surface area contributed by atoms with Crippen molar-refractivity contribution in [3.8, 4) is 17.1 Å². The van der Waals surface area contributed by atoms with E-state index in [9.17, 15) is 0 Å². The Morgan fingerprint density at radius 1 is 0.806 bits per heavy atom. The molecule has 31 heavy (non-hydrogen) atoms. The lowest BCUT2D eigenvalue weighted by atomic mass is 10.2. The lowest BCUT2D eigenvalue weighted by Gasteiger charge is -2.10. The number of para-hydroxylation sites is 1. The van der Waals surface area contributed by atoms with E-state index in [1.807, 2.05) is 59.2 Å². The SMILES string of the molecule is c1ccc(-n2c(Sc3ncnc4c3sc3ncccc34)nnc2-c2ccncc2)cc1. The number of hydrogen-bond donors (Lipinski definition) is 0. The summed E-state index contributed by atoms with van der Waals surface area (Å²) in [5.74, 6) is 0.749. The van der Waals surface area contributed by atoms with Gasteiger partial charge in [-0.3, -0.25) is 9.55 Å². The van der Waals surface area contributed by atoms with Crippen molar-refractivity contribution in [3.63, 3.8) is 0 Å². The van der Waals surface area contributed by atoms with Gasteiger partial charge in [0.15, 0.2) is 5.82 Å². The standard InChI is InChI=1S/C22H13N7S2/c1-2-5-15(6-3-1)29-19(14-8-11-23-12-9-14)27-28-22(29)31-21-18-17(25-13-26-21)16-7-4-10-24-20(16)30-18/h1-13H. The van der Waals surface area contributed by atoms with E-state index in [2.05, 4.69) is 30.1 Å². The fraction of sp³-hybridized carbons (Fsp3) is 0. The second-order valence-corrected chi connectivity index (χ2v) is 8.58. The molecule has 0 radical (unpaired) electrons. The number of nitrogens with zero attached hydrogens (tertiary/aromatic N) is 7. The molecule has 0 unspecified atom stereocenters. The van der Waals surface area contributed by atoms with E-state index >= 15 is 0 Å². The molecule has 5 aromatic heterocycles. The second-order valence-electron chi connectivity index (χ2n) is 6.63. The third kappa shape index (κ3) is 3.15. The molecule has 0 fully saturated rings. The van der Waals surface area contributed by atoms with Gasteiger partial charge in [-0.2, -0.15) is 0 Å². The summed E-state index contributed by atoms with van der Waals surface area (Å²) in [4.78, 5) is 18.6. The van der Waals surface area contributed by atoms with Crippen molar-refractivity contribution < 1.29 is 0 Å². The first-order valence-electron chi connectivity index (χ1n) is 9.46. The minimum Gasteiger partial charge on any atom is -0.270 e. The molecule has 5 heterocycles. The van der Waals surface area contributed by atoms with Gasteiger partial charge in [-0.25, -0.2) is 15.0 Å². The maximum Gasteiger partial charge on any atom is 0.202 e. The van der Waals surface area contributed by atoms with Crippen LogP contribution < -0.4 is 0 Å². The summed E-state index contributed by atoms with van der Waals surface area (Å²) in [5, 5.41) is 11.6. The van der Waals surface area contributed by atoms with E-state index in [0.717, 1.165) is 47.7 Å². The highest BCUT2D eigenvalue weighted by atomic mass is 32.2. The van der Waals surface area contributed by atoms with Crippen LogP contribution in [-0.2, 0) is 0 Å². The number of thiophene rings is 1. The Labute approximate surface area is 184 Å². The molecule has 0 amide bonds. The molecule has 0 bridgehead atoms. The molecule has 0 N–H and O–H groups in total. The average Bonchev–Trinajstić information content (AvgIpc) is 3.42. The van der Waals surface area contributed by atoms with Gasteiger partial charge in [0, 0.05) is 35.2 Å². The van der Waals surface area contributed by atoms with Crippen molar-refractivity contribution in [3.05, 3.63) is 79.5 Å². The van der Waals surface area contributed by atoms with E-state index < -0.39 is 0 Å². The number of benzene rings is 1. The maximum atomic E-state index is 4.56. The largest absolute Gasteiger partial charge is 0.270 e. The number of pyridine rings is 2. The van der Waals surface area contributed by atoms with Crippen LogP contribution in [-0.4, -0.2) is 34.7 Å². The van der Waals surface area contributed by atoms with Crippen LogP contribution in [0.3, 0.4) is 0 Å². The predicted molar refractivity (Wildman–Crippen MR) is 121 cm³/mol. The monoisotopic (exact) mass is 439 g/mol. The Hall–Kier alpha value is -3.69. The van der Waals surface area contributed by atoms with Gasteiger partial charge in [0.2, 0.25) is 5.16 Å². The van der Waals surface area contributed by atoms with Gasteiger partial charge in [0.05, 0.1) is 10.2 Å². The highest BCUT2D eigenvalue weighted by molar-refractivity contribution is 7.99. The van der Waals surface area contributed by atoms with Crippen molar-refractivity contribution in [2.24, 2.45) is 0 Å². The van der Waals surface area contributed by atoms with E-state index in [-0.39, 0.29) is 0 Å². The van der Waals surface area contributed by atoms with Gasteiger partial charge < -0.3 is 0 Å². The van der Waals surface area contributed by atoms with Crippen LogP contribution in [0.2, 0.25) is 0 Å². The first-order chi connectivity index (χ1) is 15.4. The summed E-state index contributed by atoms with van der Waals surface area (Å²) < 4.78 is 3.04. The van der Waals surface area contributed by atoms with E-state index in [4.69, 9.17) is 0 Å². The summed E-state index contributed by atoms with van der Waals surface area (Å²) in [6.45, 7) is 0. The molecule has 0 saturated heterocycles. The minimum atomic E-state index is 0.725. The highest BCUT2D eigenvalue weighted by Gasteiger charge is 2.20. The summed E-state index contributed by atoms with van der Waals surface area (Å²) in [5.41, 5.74) is 2.83. The van der Waals surface area contributed by atoms with Gasteiger partial charge in [-0.1, -0.05) is 18.2 Å². The summed E-state index contributed by atoms with van der Waals surface area (Å²) in [6.07, 6.45) is 6.90. The number of hydrogen-bond acceptors (Lipinski definition) is 8. The molecule has 0 aliphatic heterocycles. The van der Waals surface area contributed by atoms with Crippen LogP contribution in [0.15, 0.2) is 89.7 Å². The summed E-state index contributed by atoms with van der Waals surface area (Å²) >= 11 is 3.06. The molecular weight excluding hydrogens is 426 g/mol. The molecule has 6 rings (SSSR count). The molecule has 0 aliphatic carbocycles. The third-order valence-electron chi connectivity index (χ3n) is 4.77. The minimum absolute atomic E-state index is 0.725. The molecule has 7 nitrogen and oxygen atoms in total. The molecule has 0 atom stereocenters. The Morgan fingerprint density at radius 3 is 2.55 bits per heavy atom. The van der Waals surface area contributed by atoms with Crippen molar-refractivity contribution in [2.75, 3.05) is 0 Å². The molecular formula is C22H13N7S2. The zero-order valence-corrected chi connectivity index (χ0v) is 17.6. The van der Waals surface area contributed by atoms with Gasteiger partial charge in [0.25, 0.3) is 0 Å². The topological polar surface area (TPSA) is 82.3 Å². The van der Waals surface area contributed by atoms with E-state index in [0.29, 0.717) is 0 Å². The van der Waals surface area contributed by atoms with Crippen LogP contribution in [0.1, 0.15) is 0 Å². The summed E-state index contributed by atoms with van der Waals surface area (Å²) in [6, 6.07) is 17.9. The Bertz CT molecular complexity index is 1510. The third-order valence-corrected chi connectivity index (χ3v) is 6.96. The van der Waals surface area contributed by atoms with Gasteiger partial charge in [-0.05, 0) is 48.2 Å². The predicted octanol–water partition coefficient (Wildman–Crippen LogP) is 5.03. The quantitative estimate of drug-likeness (QED) is 0.356. The molecule has 9 heteroatoms. The fourth-order valence-corrected chi connectivity index (χ4v) is 5.44. The zero-order valence-electron chi connectivity index (χ0n) is 16.0. The number of fused-ring (bicyclic) bond motifs is 3. The molecule has 1 aromatic carbocycles. The Morgan fingerprint density at radius 2 is 1.68 bits per heavy atom. The highest BCUT2D eigenvalue weighted by Crippen LogP contribution is 2.39. The first-order valence-corrected chi connectivity index (χ1v) is 11.1. The van der Waals surface area contributed by atoms with Crippen LogP contribution in [0, 0.1) is 0 Å². The smallest absolute Gasteiger partial charge is 0.202 e. The first kappa shape index (κ1) is 18.1. The normalized spacial score (nSPS) is 11.4. The Balaban J connectivity index is 1.53. The molecule has 0 aliphatic rings. The van der Waals surface area contributed by atoms with Gasteiger partial charge in [0.1, 0.15) is 16.2 Å². The van der Waals surface area contributed by atoms with Gasteiger partial charge in [-0.15, -0.1) is 21.5 Å². The van der Waals surface area contributed by atoms with Crippen molar-refractivity contribution >= 4 is 43.5 Å². The zero-order chi connectivity index (χ0) is 20.6. The van der Waals surface area contributed by atoms with Crippen LogP contribution in [0.5, 0.6) is 0 Å². The van der Waals surface area contributed by atoms with Crippen molar-refractivity contribution in [1.82, 2.24) is 34.7 Å². The molecule has 0 saturated carbocycles. The molecule has 148 valence electrons. The van der Waals surface area contributed by atoms with Gasteiger partial charge >= 0.3 is 0 Å². The average molecular weight is 440 g/mol. The van der Waals surface area contributed by atoms with E-state index in [1.54, 1.807) is 36.3 Å². The molecule has 0 spiro atoms. The van der Waals surface area contributed by atoms with E-state index in [1.165, 1.54) is 11.8 Å². The van der Waals surface area contributed by atoms with Crippen LogP contribution >= 0.6 is 23.1 Å². The molecule has 6 aromatic rings. The maximum absolute atomic E-state index is 4.56. The van der Waals surface area contributed by atoms with Crippen LogP contribution in [0.25, 0.3) is 37.5 Å². The lowest BCUT2D eigenvalue weighted by Crippen LogP contribution is -1.99. The van der Waals surface area contributed by atoms with Crippen LogP contribution in [0.4, 0.5) is 0 Å². The fourth-order valence-electron chi connectivity index (χ4n) is 3.38. The van der Waals surface area contributed by atoms with Crippen molar-refractivity contribution in [2.45, 2.75) is 10.2 Å². The number of rotatable bonds is 4. The second kappa shape index (κ2) is 7.53. The van der Waals surface area contributed by atoms with Crippen molar-refractivity contribution in [1.29, 1.82) is 0 Å². The number of aromatic nitrogens is 7. The summed E-state index contributed by atoms with van der Waals surface area (Å²) in [7, 11) is 0. The Kier molecular flexibility index (Phi) is 4.40. The lowest BCUT2D eigenvalue weighted by molar-refractivity contribution is 0.883.